The van der Waals surface area contributed by atoms with Gasteiger partial charge in [0.2, 0.25) is 0 Å². The number of nitrogens with zero attached hydrogens (tertiary/aromatic N) is 3. The number of rotatable bonds is 3. The Kier molecular flexibility index (Phi) is 2.24. The second-order valence-corrected chi connectivity index (χ2v) is 4.46. The zero-order valence-electron chi connectivity index (χ0n) is 9.37. The van der Waals surface area contributed by atoms with Gasteiger partial charge in [-0.3, -0.25) is 4.98 Å². The maximum atomic E-state index is 4.28. The second-order valence-electron chi connectivity index (χ2n) is 4.46. The standard InChI is InChI=1S/C13H15N3/c1-10(11-4-6-14-7-5-11)16-9-15-8-13(16)12-2-3-12/h4-10,12H,2-3H2,1H3. The SMILES string of the molecule is CC(c1ccncc1)n1cncc1C1CC1. The highest BCUT2D eigenvalue weighted by molar-refractivity contribution is 5.20. The van der Waals surface area contributed by atoms with Gasteiger partial charge in [-0.1, -0.05) is 0 Å². The molecule has 0 aromatic carbocycles. The van der Waals surface area contributed by atoms with Crippen LogP contribution in [0.4, 0.5) is 0 Å². The molecule has 1 atom stereocenters. The fourth-order valence-corrected chi connectivity index (χ4v) is 2.14. The summed E-state index contributed by atoms with van der Waals surface area (Å²) in [5.74, 6) is 0.742. The van der Waals surface area contributed by atoms with Gasteiger partial charge in [-0.25, -0.2) is 4.98 Å². The number of pyridine rings is 1. The molecule has 0 radical (unpaired) electrons. The monoisotopic (exact) mass is 213 g/mol. The van der Waals surface area contributed by atoms with Gasteiger partial charge in [0, 0.05) is 30.2 Å². The van der Waals surface area contributed by atoms with Crippen LogP contribution in [-0.4, -0.2) is 14.5 Å². The third-order valence-corrected chi connectivity index (χ3v) is 3.30. The van der Waals surface area contributed by atoms with Gasteiger partial charge >= 0.3 is 0 Å². The van der Waals surface area contributed by atoms with Gasteiger partial charge < -0.3 is 4.57 Å². The lowest BCUT2D eigenvalue weighted by Crippen LogP contribution is -2.08. The van der Waals surface area contributed by atoms with Crippen LogP contribution in [0.5, 0.6) is 0 Å². The fourth-order valence-electron chi connectivity index (χ4n) is 2.14. The van der Waals surface area contributed by atoms with Crippen LogP contribution < -0.4 is 0 Å². The quantitative estimate of drug-likeness (QED) is 0.785. The average Bonchev–Trinajstić information content (AvgIpc) is 3.07. The molecule has 2 heterocycles. The Bertz CT molecular complexity index is 471. The Balaban J connectivity index is 1.94. The van der Waals surface area contributed by atoms with Crippen molar-refractivity contribution in [1.82, 2.24) is 14.5 Å². The molecular formula is C13H15N3. The molecule has 82 valence electrons. The zero-order valence-corrected chi connectivity index (χ0v) is 9.37. The summed E-state index contributed by atoms with van der Waals surface area (Å²) in [5, 5.41) is 0. The van der Waals surface area contributed by atoms with Crippen molar-refractivity contribution in [3.8, 4) is 0 Å². The molecule has 1 unspecified atom stereocenters. The first-order valence-electron chi connectivity index (χ1n) is 5.78. The first-order valence-corrected chi connectivity index (χ1v) is 5.78. The van der Waals surface area contributed by atoms with Gasteiger partial charge in [0.15, 0.2) is 0 Å². The van der Waals surface area contributed by atoms with E-state index in [0.717, 1.165) is 5.92 Å². The maximum Gasteiger partial charge on any atom is 0.0953 e. The van der Waals surface area contributed by atoms with Crippen molar-refractivity contribution in [1.29, 1.82) is 0 Å². The van der Waals surface area contributed by atoms with E-state index in [1.807, 2.05) is 24.9 Å². The smallest absolute Gasteiger partial charge is 0.0953 e. The van der Waals surface area contributed by atoms with Crippen LogP contribution in [0.2, 0.25) is 0 Å². The molecule has 3 rings (SSSR count). The zero-order chi connectivity index (χ0) is 11.0. The molecule has 1 fully saturated rings. The summed E-state index contributed by atoms with van der Waals surface area (Å²) >= 11 is 0. The van der Waals surface area contributed by atoms with Gasteiger partial charge in [-0.05, 0) is 37.5 Å². The average molecular weight is 213 g/mol. The van der Waals surface area contributed by atoms with Crippen molar-refractivity contribution < 1.29 is 0 Å². The topological polar surface area (TPSA) is 30.7 Å². The molecule has 0 saturated heterocycles. The highest BCUT2D eigenvalue weighted by Crippen LogP contribution is 2.41. The lowest BCUT2D eigenvalue weighted by molar-refractivity contribution is 0.608. The van der Waals surface area contributed by atoms with Gasteiger partial charge in [-0.2, -0.15) is 0 Å². The summed E-state index contributed by atoms with van der Waals surface area (Å²) < 4.78 is 2.28. The van der Waals surface area contributed by atoms with Crippen LogP contribution in [0.3, 0.4) is 0 Å². The summed E-state index contributed by atoms with van der Waals surface area (Å²) in [6, 6.07) is 4.49. The van der Waals surface area contributed by atoms with E-state index in [-0.39, 0.29) is 0 Å². The molecule has 0 aliphatic heterocycles. The predicted molar refractivity (Wildman–Crippen MR) is 62.3 cm³/mol. The number of hydrogen-bond donors (Lipinski definition) is 0. The van der Waals surface area contributed by atoms with E-state index in [1.54, 1.807) is 0 Å². The first kappa shape index (κ1) is 9.58. The van der Waals surface area contributed by atoms with Crippen molar-refractivity contribution in [3.05, 3.63) is 48.3 Å². The molecule has 0 spiro atoms. The highest BCUT2D eigenvalue weighted by atomic mass is 15.1. The molecule has 0 bridgehead atoms. The van der Waals surface area contributed by atoms with Gasteiger partial charge in [-0.15, -0.1) is 0 Å². The molecule has 2 aromatic rings. The van der Waals surface area contributed by atoms with Gasteiger partial charge in [0.05, 0.1) is 12.4 Å². The summed E-state index contributed by atoms with van der Waals surface area (Å²) in [4.78, 5) is 8.33. The van der Waals surface area contributed by atoms with E-state index in [0.29, 0.717) is 6.04 Å². The molecule has 0 N–H and O–H groups in total. The molecule has 0 amide bonds. The van der Waals surface area contributed by atoms with E-state index in [2.05, 4.69) is 33.6 Å². The number of imidazole rings is 1. The fraction of sp³-hybridized carbons (Fsp3) is 0.385. The summed E-state index contributed by atoms with van der Waals surface area (Å²) in [5.41, 5.74) is 2.67. The van der Waals surface area contributed by atoms with Gasteiger partial charge in [0.25, 0.3) is 0 Å². The Morgan fingerprint density at radius 3 is 2.69 bits per heavy atom. The normalized spacial score (nSPS) is 17.3. The molecule has 16 heavy (non-hydrogen) atoms. The van der Waals surface area contributed by atoms with Gasteiger partial charge in [0.1, 0.15) is 0 Å². The molecule has 1 aliphatic rings. The number of hydrogen-bond acceptors (Lipinski definition) is 2. The summed E-state index contributed by atoms with van der Waals surface area (Å²) in [6.07, 6.45) is 10.3. The van der Waals surface area contributed by atoms with Crippen molar-refractivity contribution >= 4 is 0 Å². The third kappa shape index (κ3) is 1.62. The largest absolute Gasteiger partial charge is 0.327 e. The molecule has 3 nitrogen and oxygen atoms in total. The van der Waals surface area contributed by atoms with Crippen molar-refractivity contribution in [2.24, 2.45) is 0 Å². The Morgan fingerprint density at radius 1 is 1.25 bits per heavy atom. The van der Waals surface area contributed by atoms with Crippen molar-refractivity contribution in [2.45, 2.75) is 31.7 Å². The Labute approximate surface area is 95.2 Å². The molecule has 3 heteroatoms. The second kappa shape index (κ2) is 3.74. The van der Waals surface area contributed by atoms with Crippen LogP contribution in [0.1, 0.15) is 43.0 Å². The first-order chi connectivity index (χ1) is 7.86. The molecule has 2 aromatic heterocycles. The van der Waals surface area contributed by atoms with Crippen molar-refractivity contribution in [3.63, 3.8) is 0 Å². The lowest BCUT2D eigenvalue weighted by atomic mass is 10.1. The van der Waals surface area contributed by atoms with E-state index < -0.39 is 0 Å². The van der Waals surface area contributed by atoms with Crippen LogP contribution in [0.15, 0.2) is 37.1 Å². The van der Waals surface area contributed by atoms with Crippen LogP contribution >= 0.6 is 0 Å². The minimum absolute atomic E-state index is 0.348. The molecular weight excluding hydrogens is 198 g/mol. The highest BCUT2D eigenvalue weighted by Gasteiger charge is 2.28. The predicted octanol–water partition coefficient (Wildman–Crippen LogP) is 2.76. The minimum atomic E-state index is 0.348. The Morgan fingerprint density at radius 2 is 2.00 bits per heavy atom. The van der Waals surface area contributed by atoms with E-state index in [1.165, 1.54) is 24.1 Å². The lowest BCUT2D eigenvalue weighted by Gasteiger charge is -2.16. The maximum absolute atomic E-state index is 4.28. The van der Waals surface area contributed by atoms with Crippen LogP contribution in [-0.2, 0) is 0 Å². The summed E-state index contributed by atoms with van der Waals surface area (Å²) in [6.45, 7) is 2.21. The number of aromatic nitrogens is 3. The van der Waals surface area contributed by atoms with E-state index in [4.69, 9.17) is 0 Å². The Hall–Kier alpha value is -1.64. The third-order valence-electron chi connectivity index (χ3n) is 3.30. The minimum Gasteiger partial charge on any atom is -0.327 e. The summed E-state index contributed by atoms with van der Waals surface area (Å²) in [7, 11) is 0. The molecule has 1 aliphatic carbocycles. The van der Waals surface area contributed by atoms with Crippen molar-refractivity contribution in [2.75, 3.05) is 0 Å². The molecule has 1 saturated carbocycles. The van der Waals surface area contributed by atoms with E-state index in [9.17, 15) is 0 Å². The van der Waals surface area contributed by atoms with Crippen LogP contribution in [0.25, 0.3) is 0 Å². The van der Waals surface area contributed by atoms with Crippen LogP contribution in [0, 0.1) is 0 Å². The van der Waals surface area contributed by atoms with E-state index >= 15 is 0 Å².